The van der Waals surface area contributed by atoms with Crippen LogP contribution in [0.25, 0.3) is 0 Å². The molecule has 29 heavy (non-hydrogen) atoms. The Balaban J connectivity index is 1.64. The Morgan fingerprint density at radius 3 is 2.93 bits per heavy atom. The fourth-order valence-corrected chi connectivity index (χ4v) is 5.60. The van der Waals surface area contributed by atoms with Gasteiger partial charge in [-0.1, -0.05) is 19.1 Å². The number of nitrogens with one attached hydrogen (secondary N) is 2. The number of anilines is 2. The minimum Gasteiger partial charge on any atom is -0.352 e. The van der Waals surface area contributed by atoms with Crippen LogP contribution in [0.1, 0.15) is 61.4 Å². The predicted molar refractivity (Wildman–Crippen MR) is 114 cm³/mol. The third kappa shape index (κ3) is 3.01. The molecule has 6 nitrogen and oxygen atoms in total. The Bertz CT molecular complexity index is 950. The van der Waals surface area contributed by atoms with Gasteiger partial charge < -0.3 is 15.5 Å². The van der Waals surface area contributed by atoms with Gasteiger partial charge in [-0.05, 0) is 61.9 Å². The molecule has 6 heteroatoms. The number of fused-ring (bicyclic) bond motifs is 3. The minimum atomic E-state index is 0.0132. The zero-order valence-corrected chi connectivity index (χ0v) is 17.3. The summed E-state index contributed by atoms with van der Waals surface area (Å²) in [5, 5.41) is 6.54. The van der Waals surface area contributed by atoms with Gasteiger partial charge in [-0.25, -0.2) is 9.97 Å². The quantitative estimate of drug-likeness (QED) is 0.842. The van der Waals surface area contributed by atoms with E-state index in [0.717, 1.165) is 51.1 Å². The molecule has 2 N–H and O–H groups in total. The van der Waals surface area contributed by atoms with Gasteiger partial charge in [-0.3, -0.25) is 4.79 Å². The maximum Gasteiger partial charge on any atom is 0.217 e. The van der Waals surface area contributed by atoms with E-state index >= 15 is 0 Å². The molecule has 152 valence electrons. The molecule has 3 aliphatic rings. The van der Waals surface area contributed by atoms with Crippen molar-refractivity contribution in [3.63, 3.8) is 0 Å². The van der Waals surface area contributed by atoms with Crippen molar-refractivity contribution < 1.29 is 4.79 Å². The first kappa shape index (κ1) is 18.6. The van der Waals surface area contributed by atoms with Crippen LogP contribution < -0.4 is 15.5 Å². The summed E-state index contributed by atoms with van der Waals surface area (Å²) in [5.74, 6) is 1.60. The molecule has 1 aromatic heterocycles. The predicted octanol–water partition coefficient (Wildman–Crippen LogP) is 2.94. The van der Waals surface area contributed by atoms with Gasteiger partial charge in [0, 0.05) is 42.4 Å². The van der Waals surface area contributed by atoms with Gasteiger partial charge in [0.25, 0.3) is 0 Å². The summed E-state index contributed by atoms with van der Waals surface area (Å²) in [4.78, 5) is 23.4. The van der Waals surface area contributed by atoms with Crippen LogP contribution >= 0.6 is 0 Å². The van der Waals surface area contributed by atoms with Crippen LogP contribution in [-0.2, 0) is 23.2 Å². The van der Waals surface area contributed by atoms with Gasteiger partial charge in [0.05, 0.1) is 0 Å². The number of rotatable bonds is 3. The Kier molecular flexibility index (Phi) is 4.54. The molecule has 2 aromatic rings. The lowest BCUT2D eigenvalue weighted by atomic mass is 9.73. The molecule has 1 atom stereocenters. The molecule has 1 fully saturated rings. The molecule has 0 bridgehead atoms. The molecule has 1 amide bonds. The molecular weight excluding hydrogens is 362 g/mol. The van der Waals surface area contributed by atoms with Crippen LogP contribution in [0, 0.1) is 0 Å². The number of carbonyl (C=O) groups excluding carboxylic acids is 1. The van der Waals surface area contributed by atoms with Crippen molar-refractivity contribution in [2.24, 2.45) is 0 Å². The van der Waals surface area contributed by atoms with Crippen molar-refractivity contribution >= 4 is 17.4 Å². The number of nitrogens with zero attached hydrogens (tertiary/aromatic N) is 3. The van der Waals surface area contributed by atoms with E-state index in [1.54, 1.807) is 13.3 Å². The lowest BCUT2D eigenvalue weighted by Gasteiger charge is -2.36. The van der Waals surface area contributed by atoms with Crippen LogP contribution in [0.15, 0.2) is 24.5 Å². The summed E-state index contributed by atoms with van der Waals surface area (Å²) in [6.45, 7) is 7.47. The van der Waals surface area contributed by atoms with Crippen LogP contribution in [0.3, 0.4) is 0 Å². The number of aromatic nitrogens is 2. The smallest absolute Gasteiger partial charge is 0.217 e. The van der Waals surface area contributed by atoms with Gasteiger partial charge >= 0.3 is 0 Å². The first-order chi connectivity index (χ1) is 14.1. The molecule has 3 heterocycles. The lowest BCUT2D eigenvalue weighted by molar-refractivity contribution is -0.119. The number of amides is 1. The Labute approximate surface area is 172 Å². The molecule has 0 saturated carbocycles. The maximum atomic E-state index is 11.6. The van der Waals surface area contributed by atoms with Gasteiger partial charge in [0.1, 0.15) is 12.1 Å². The van der Waals surface area contributed by atoms with Gasteiger partial charge in [0.2, 0.25) is 5.91 Å². The number of carbonyl (C=O) groups is 1. The SMILES string of the molecule is CC(=O)NCc1cccc2c1C1(CCNCC1)CN2c1ncnc2c1C(C)CC2. The summed E-state index contributed by atoms with van der Waals surface area (Å²) in [6.07, 6.45) is 6.15. The molecule has 1 aliphatic carbocycles. The average Bonchev–Trinajstić information content (AvgIpc) is 3.26. The minimum absolute atomic E-state index is 0.0132. The number of hydrogen-bond acceptors (Lipinski definition) is 5. The van der Waals surface area contributed by atoms with E-state index < -0.39 is 0 Å². The van der Waals surface area contributed by atoms with E-state index in [4.69, 9.17) is 4.98 Å². The summed E-state index contributed by atoms with van der Waals surface area (Å²) in [5.41, 5.74) is 6.56. The highest BCUT2D eigenvalue weighted by Crippen LogP contribution is 2.51. The van der Waals surface area contributed by atoms with Crippen molar-refractivity contribution in [2.75, 3.05) is 24.5 Å². The summed E-state index contributed by atoms with van der Waals surface area (Å²) in [6, 6.07) is 6.53. The maximum absolute atomic E-state index is 11.6. The normalized spacial score (nSPS) is 21.9. The summed E-state index contributed by atoms with van der Waals surface area (Å²) in [7, 11) is 0. The highest BCUT2D eigenvalue weighted by Gasteiger charge is 2.46. The molecule has 0 radical (unpaired) electrons. The fourth-order valence-electron chi connectivity index (χ4n) is 5.60. The first-order valence-electron chi connectivity index (χ1n) is 10.8. The van der Waals surface area contributed by atoms with Gasteiger partial charge in [-0.15, -0.1) is 0 Å². The van der Waals surface area contributed by atoms with E-state index in [1.807, 2.05) is 0 Å². The standard InChI is InChI=1S/C23H29N5O/c1-15-6-7-18-20(15)22(27-14-26-18)28-13-23(8-10-24-11-9-23)21-17(12-25-16(2)29)4-3-5-19(21)28/h3-5,14-15,24H,6-13H2,1-2H3,(H,25,29). The lowest BCUT2D eigenvalue weighted by Crippen LogP contribution is -2.43. The zero-order valence-electron chi connectivity index (χ0n) is 17.3. The van der Waals surface area contributed by atoms with Crippen molar-refractivity contribution in [2.45, 2.75) is 57.4 Å². The second-order valence-corrected chi connectivity index (χ2v) is 8.83. The monoisotopic (exact) mass is 391 g/mol. The number of hydrogen-bond donors (Lipinski definition) is 2. The van der Waals surface area contributed by atoms with Gasteiger partial charge in [-0.2, -0.15) is 0 Å². The van der Waals surface area contributed by atoms with Crippen molar-refractivity contribution in [1.29, 1.82) is 0 Å². The Hall–Kier alpha value is -2.47. The number of benzene rings is 1. The summed E-state index contributed by atoms with van der Waals surface area (Å²) < 4.78 is 0. The van der Waals surface area contributed by atoms with E-state index in [0.29, 0.717) is 12.5 Å². The molecule has 5 rings (SSSR count). The van der Waals surface area contributed by atoms with Crippen LogP contribution in [0.5, 0.6) is 0 Å². The van der Waals surface area contributed by atoms with Crippen LogP contribution in [0.2, 0.25) is 0 Å². The Morgan fingerprint density at radius 2 is 2.14 bits per heavy atom. The highest BCUT2D eigenvalue weighted by atomic mass is 16.1. The van der Waals surface area contributed by atoms with Gasteiger partial charge in [0.15, 0.2) is 0 Å². The second kappa shape index (κ2) is 7.10. The topological polar surface area (TPSA) is 70.2 Å². The second-order valence-electron chi connectivity index (χ2n) is 8.83. The summed E-state index contributed by atoms with van der Waals surface area (Å²) >= 11 is 0. The molecule has 1 spiro atoms. The van der Waals surface area contributed by atoms with Crippen LogP contribution in [-0.4, -0.2) is 35.5 Å². The third-order valence-electron chi connectivity index (χ3n) is 7.01. The number of piperidine rings is 1. The molecule has 1 unspecified atom stereocenters. The molecular formula is C23H29N5O. The van der Waals surface area contributed by atoms with E-state index in [-0.39, 0.29) is 11.3 Å². The number of aryl methyl sites for hydroxylation is 1. The van der Waals surface area contributed by atoms with E-state index in [1.165, 1.54) is 28.1 Å². The largest absolute Gasteiger partial charge is 0.352 e. The molecule has 1 aromatic carbocycles. The average molecular weight is 392 g/mol. The molecule has 1 saturated heterocycles. The van der Waals surface area contributed by atoms with Crippen molar-refractivity contribution in [3.8, 4) is 0 Å². The Morgan fingerprint density at radius 1 is 1.31 bits per heavy atom. The zero-order chi connectivity index (χ0) is 20.0. The van der Waals surface area contributed by atoms with E-state index in [9.17, 15) is 4.79 Å². The first-order valence-corrected chi connectivity index (χ1v) is 10.8. The van der Waals surface area contributed by atoms with Crippen LogP contribution in [0.4, 0.5) is 11.5 Å². The van der Waals surface area contributed by atoms with Crippen molar-refractivity contribution in [1.82, 2.24) is 20.6 Å². The highest BCUT2D eigenvalue weighted by molar-refractivity contribution is 5.76. The third-order valence-corrected chi connectivity index (χ3v) is 7.01. The molecule has 2 aliphatic heterocycles. The van der Waals surface area contributed by atoms with E-state index in [2.05, 4.69) is 45.6 Å². The van der Waals surface area contributed by atoms with Crippen molar-refractivity contribution in [3.05, 3.63) is 46.9 Å². The fraction of sp³-hybridized carbons (Fsp3) is 0.522.